The van der Waals surface area contributed by atoms with Crippen LogP contribution >= 0.6 is 15.9 Å². The molecular weight excluding hydrogens is 514 g/mol. The largest absolute Gasteiger partial charge is 0.468 e. The van der Waals surface area contributed by atoms with Crippen molar-refractivity contribution in [3.8, 4) is 0 Å². The van der Waals surface area contributed by atoms with Crippen molar-refractivity contribution in [3.63, 3.8) is 0 Å². The Morgan fingerprint density at radius 1 is 1.27 bits per heavy atom. The van der Waals surface area contributed by atoms with Gasteiger partial charge in [0.05, 0.1) is 12.0 Å². The zero-order chi connectivity index (χ0) is 24.0. The van der Waals surface area contributed by atoms with Gasteiger partial charge in [-0.25, -0.2) is 13.2 Å². The van der Waals surface area contributed by atoms with E-state index in [2.05, 4.69) is 21.2 Å². The fourth-order valence-electron chi connectivity index (χ4n) is 5.23. The van der Waals surface area contributed by atoms with E-state index in [1.807, 2.05) is 31.2 Å². The van der Waals surface area contributed by atoms with E-state index in [9.17, 15) is 23.3 Å². The van der Waals surface area contributed by atoms with E-state index in [1.165, 1.54) is 29.6 Å². The van der Waals surface area contributed by atoms with Crippen molar-refractivity contribution in [1.82, 2.24) is 9.62 Å². The SMILES string of the molecule is CC[C@@H]1[C@H](c2ccc(Br)cc2)N[C@@]2(C(=O)OC)CN(S(=O)(=O)c3ccccc3[N+](=O)[O-])C[C@@H]12. The average Bonchev–Trinajstić information content (AvgIpc) is 3.33. The minimum absolute atomic E-state index is 0.0452. The number of nitro benzene ring substituents is 1. The molecule has 2 aliphatic heterocycles. The molecule has 2 fully saturated rings. The Kier molecular flexibility index (Phi) is 6.34. The number of sulfonamides is 1. The predicted molar refractivity (Wildman–Crippen MR) is 124 cm³/mol. The van der Waals surface area contributed by atoms with Crippen LogP contribution in [-0.4, -0.2) is 49.4 Å². The summed E-state index contributed by atoms with van der Waals surface area (Å²) in [6.45, 7) is 1.90. The highest BCUT2D eigenvalue weighted by molar-refractivity contribution is 9.10. The Hall–Kier alpha value is -2.34. The van der Waals surface area contributed by atoms with Crippen LogP contribution in [0, 0.1) is 22.0 Å². The van der Waals surface area contributed by atoms with E-state index in [-0.39, 0.29) is 35.9 Å². The molecule has 0 bridgehead atoms. The standard InChI is InChI=1S/C22H24BrN3O6S/c1-3-16-17-12-25(33(30,31)19-7-5-4-6-18(19)26(28)29)13-22(17,21(27)32-2)24-20(16)14-8-10-15(23)11-9-14/h4-11,16-17,20,24H,3,12-13H2,1-2H3/t16-,17-,20-,22-/m0/s1. The number of rotatable bonds is 6. The lowest BCUT2D eigenvalue weighted by Gasteiger charge is -2.27. The normalized spacial score (nSPS) is 27.3. The van der Waals surface area contributed by atoms with Crippen molar-refractivity contribution in [2.45, 2.75) is 29.8 Å². The van der Waals surface area contributed by atoms with Gasteiger partial charge in [0.1, 0.15) is 5.54 Å². The number of carbonyl (C=O) groups excluding carboxylic acids is 1. The lowest BCUT2D eigenvalue weighted by atomic mass is 9.79. The number of hydrogen-bond donors (Lipinski definition) is 1. The van der Waals surface area contributed by atoms with Gasteiger partial charge in [-0.2, -0.15) is 4.31 Å². The van der Waals surface area contributed by atoms with Gasteiger partial charge in [0.25, 0.3) is 5.69 Å². The van der Waals surface area contributed by atoms with Crippen LogP contribution in [0.4, 0.5) is 5.69 Å². The van der Waals surface area contributed by atoms with E-state index in [4.69, 9.17) is 4.74 Å². The number of benzene rings is 2. The Morgan fingerprint density at radius 2 is 1.94 bits per heavy atom. The molecule has 0 aliphatic carbocycles. The van der Waals surface area contributed by atoms with Crippen molar-refractivity contribution >= 4 is 37.6 Å². The van der Waals surface area contributed by atoms with E-state index < -0.39 is 32.1 Å². The van der Waals surface area contributed by atoms with Crippen molar-refractivity contribution in [2.24, 2.45) is 11.8 Å². The molecule has 4 rings (SSSR count). The maximum atomic E-state index is 13.5. The summed E-state index contributed by atoms with van der Waals surface area (Å²) in [5.41, 5.74) is -0.741. The molecule has 2 saturated heterocycles. The van der Waals surface area contributed by atoms with E-state index in [0.717, 1.165) is 16.1 Å². The van der Waals surface area contributed by atoms with Gasteiger partial charge in [-0.05, 0) is 29.7 Å². The summed E-state index contributed by atoms with van der Waals surface area (Å²) in [5, 5.41) is 14.9. The molecule has 33 heavy (non-hydrogen) atoms. The molecule has 0 unspecified atom stereocenters. The summed E-state index contributed by atoms with van der Waals surface area (Å²) >= 11 is 3.43. The third-order valence-corrected chi connectivity index (χ3v) is 9.13. The predicted octanol–water partition coefficient (Wildman–Crippen LogP) is 3.26. The molecule has 176 valence electrons. The molecule has 0 radical (unpaired) electrons. The van der Waals surface area contributed by atoms with Gasteiger partial charge >= 0.3 is 5.97 Å². The highest BCUT2D eigenvalue weighted by atomic mass is 79.9. The molecule has 2 heterocycles. The fourth-order valence-corrected chi connectivity index (χ4v) is 7.16. The maximum absolute atomic E-state index is 13.5. The Balaban J connectivity index is 1.74. The van der Waals surface area contributed by atoms with E-state index in [0.29, 0.717) is 6.42 Å². The molecule has 2 aromatic rings. The number of methoxy groups -OCH3 is 1. The fraction of sp³-hybridized carbons (Fsp3) is 0.409. The zero-order valence-electron chi connectivity index (χ0n) is 18.1. The number of hydrogen-bond acceptors (Lipinski definition) is 7. The highest BCUT2D eigenvalue weighted by Crippen LogP contribution is 2.50. The number of nitrogens with zero attached hydrogens (tertiary/aromatic N) is 2. The minimum Gasteiger partial charge on any atom is -0.468 e. The summed E-state index contributed by atoms with van der Waals surface area (Å²) in [7, 11) is -2.94. The van der Waals surface area contributed by atoms with Crippen LogP contribution < -0.4 is 5.32 Å². The first kappa shape index (κ1) is 23.8. The third-order valence-electron chi connectivity index (χ3n) is 6.75. The van der Waals surface area contributed by atoms with Gasteiger partial charge in [0.15, 0.2) is 4.90 Å². The quantitative estimate of drug-likeness (QED) is 0.341. The number of para-hydroxylation sites is 1. The van der Waals surface area contributed by atoms with Crippen LogP contribution in [0.5, 0.6) is 0 Å². The zero-order valence-corrected chi connectivity index (χ0v) is 20.5. The second-order valence-corrected chi connectivity index (χ2v) is 11.2. The molecule has 4 atom stereocenters. The summed E-state index contributed by atoms with van der Waals surface area (Å²) < 4.78 is 34.2. The molecule has 9 nitrogen and oxygen atoms in total. The van der Waals surface area contributed by atoms with Crippen molar-refractivity contribution in [1.29, 1.82) is 0 Å². The number of carbonyl (C=O) groups is 1. The first-order chi connectivity index (χ1) is 15.7. The summed E-state index contributed by atoms with van der Waals surface area (Å²) in [6, 6.07) is 12.9. The monoisotopic (exact) mass is 537 g/mol. The average molecular weight is 538 g/mol. The van der Waals surface area contributed by atoms with Gasteiger partial charge in [-0.1, -0.05) is 53.5 Å². The van der Waals surface area contributed by atoms with Crippen molar-refractivity contribution in [2.75, 3.05) is 20.2 Å². The summed E-state index contributed by atoms with van der Waals surface area (Å²) in [5.74, 6) is -0.941. The first-order valence-electron chi connectivity index (χ1n) is 10.5. The third kappa shape index (κ3) is 3.86. The van der Waals surface area contributed by atoms with Crippen LogP contribution in [0.3, 0.4) is 0 Å². The van der Waals surface area contributed by atoms with E-state index >= 15 is 0 Å². The van der Waals surface area contributed by atoms with Gasteiger partial charge in [0.2, 0.25) is 10.0 Å². The second kappa shape index (κ2) is 8.79. The molecule has 2 aromatic carbocycles. The topological polar surface area (TPSA) is 119 Å². The molecular formula is C22H24BrN3O6S. The van der Waals surface area contributed by atoms with Gasteiger partial charge < -0.3 is 4.74 Å². The summed E-state index contributed by atoms with van der Waals surface area (Å²) in [4.78, 5) is 23.4. The number of halogens is 1. The van der Waals surface area contributed by atoms with Crippen LogP contribution in [-0.2, 0) is 19.6 Å². The smallest absolute Gasteiger partial charge is 0.327 e. The molecule has 1 N–H and O–H groups in total. The Labute approximate surface area is 200 Å². The summed E-state index contributed by atoms with van der Waals surface area (Å²) in [6.07, 6.45) is 0.705. The first-order valence-corrected chi connectivity index (χ1v) is 12.7. The van der Waals surface area contributed by atoms with Crippen molar-refractivity contribution < 1.29 is 22.9 Å². The number of ether oxygens (including phenoxy) is 1. The van der Waals surface area contributed by atoms with Crippen LogP contribution in [0.2, 0.25) is 0 Å². The molecule has 0 spiro atoms. The minimum atomic E-state index is -4.22. The van der Waals surface area contributed by atoms with Gasteiger partial charge in [-0.15, -0.1) is 0 Å². The Morgan fingerprint density at radius 3 is 2.55 bits per heavy atom. The molecule has 2 aliphatic rings. The molecule has 0 amide bonds. The van der Waals surface area contributed by atoms with Gasteiger partial charge in [-0.3, -0.25) is 15.4 Å². The number of nitrogens with one attached hydrogen (secondary N) is 1. The molecule has 0 saturated carbocycles. The lowest BCUT2D eigenvalue weighted by molar-refractivity contribution is -0.387. The molecule has 0 aromatic heterocycles. The van der Waals surface area contributed by atoms with Crippen LogP contribution in [0.15, 0.2) is 57.9 Å². The van der Waals surface area contributed by atoms with Crippen molar-refractivity contribution in [3.05, 3.63) is 68.7 Å². The second-order valence-electron chi connectivity index (χ2n) is 8.34. The van der Waals surface area contributed by atoms with Gasteiger partial charge in [0, 0.05) is 35.6 Å². The Bertz CT molecular complexity index is 1190. The number of fused-ring (bicyclic) bond motifs is 1. The number of nitro groups is 1. The van der Waals surface area contributed by atoms with Crippen LogP contribution in [0.25, 0.3) is 0 Å². The molecule has 11 heteroatoms. The maximum Gasteiger partial charge on any atom is 0.327 e. The lowest BCUT2D eigenvalue weighted by Crippen LogP contribution is -2.54. The van der Waals surface area contributed by atoms with Crippen LogP contribution in [0.1, 0.15) is 24.9 Å². The van der Waals surface area contributed by atoms with E-state index in [1.54, 1.807) is 0 Å². The highest BCUT2D eigenvalue weighted by Gasteiger charge is 2.64. The number of esters is 1.